The number of fused-ring (bicyclic) bond motifs is 1. The third-order valence-corrected chi connectivity index (χ3v) is 5.89. The number of rotatable bonds is 7. The van der Waals surface area contributed by atoms with Gasteiger partial charge in [0, 0.05) is 12.1 Å². The molecule has 0 aliphatic carbocycles. The van der Waals surface area contributed by atoms with Crippen LogP contribution in [0.5, 0.6) is 0 Å². The second-order valence-electron chi connectivity index (χ2n) is 8.34. The molecule has 5 heteroatoms. The van der Waals surface area contributed by atoms with Gasteiger partial charge in [0.15, 0.2) is 0 Å². The summed E-state index contributed by atoms with van der Waals surface area (Å²) in [7, 11) is 0. The summed E-state index contributed by atoms with van der Waals surface area (Å²) in [5.41, 5.74) is 4.07. The van der Waals surface area contributed by atoms with Crippen LogP contribution in [0.25, 0.3) is 11.0 Å². The molecule has 0 aliphatic rings. The molecule has 29 heavy (non-hydrogen) atoms. The highest BCUT2D eigenvalue weighted by molar-refractivity contribution is 7.98. The first-order valence-corrected chi connectivity index (χ1v) is 11.6. The highest BCUT2D eigenvalue weighted by Crippen LogP contribution is 2.25. The number of benzene rings is 2. The van der Waals surface area contributed by atoms with Crippen molar-refractivity contribution in [2.45, 2.75) is 52.1 Å². The predicted octanol–water partition coefficient (Wildman–Crippen LogP) is 5.58. The summed E-state index contributed by atoms with van der Waals surface area (Å²) >= 11 is 1.78. The quantitative estimate of drug-likeness (QED) is 0.554. The molecule has 1 amide bonds. The highest BCUT2D eigenvalue weighted by atomic mass is 32.2. The molecule has 0 spiro atoms. The Bertz CT molecular complexity index is 970. The number of imidazole rings is 1. The number of amides is 1. The van der Waals surface area contributed by atoms with Crippen molar-refractivity contribution in [3.63, 3.8) is 0 Å². The summed E-state index contributed by atoms with van der Waals surface area (Å²) in [5, 5.41) is 3.24. The van der Waals surface area contributed by atoms with Gasteiger partial charge in [0.05, 0.1) is 17.1 Å². The van der Waals surface area contributed by atoms with Crippen LogP contribution in [0, 0.1) is 0 Å². The lowest BCUT2D eigenvalue weighted by Crippen LogP contribution is -2.31. The largest absolute Gasteiger partial charge is 0.342 e. The summed E-state index contributed by atoms with van der Waals surface area (Å²) in [6, 6.07) is 16.0. The molecular weight excluding hydrogens is 378 g/mol. The summed E-state index contributed by atoms with van der Waals surface area (Å²) < 4.78 is 2.21. The van der Waals surface area contributed by atoms with Gasteiger partial charge in [-0.05, 0) is 60.6 Å². The molecule has 0 unspecified atom stereocenters. The number of para-hydroxylation sites is 2. The van der Waals surface area contributed by atoms with Gasteiger partial charge >= 0.3 is 0 Å². The molecule has 0 bridgehead atoms. The lowest BCUT2D eigenvalue weighted by Gasteiger charge is -2.21. The van der Waals surface area contributed by atoms with E-state index in [0.29, 0.717) is 5.56 Å². The zero-order valence-corrected chi connectivity index (χ0v) is 18.8. The standard InChI is InChI=1S/C24H31N3OS/c1-6-27-21-10-8-7-9-19(21)25-22(27)20(15-16-29-5)26-23(28)17-11-13-18(14-12-17)24(2,3)4/h7-14,20H,6,15-16H2,1-5H3,(H,26,28)/t20-/m1/s1. The Hall–Kier alpha value is -2.27. The number of carbonyl (C=O) groups excluding carboxylic acids is 1. The number of nitrogens with zero attached hydrogens (tertiary/aromatic N) is 2. The van der Waals surface area contributed by atoms with Crippen molar-refractivity contribution in [1.29, 1.82) is 0 Å². The molecule has 0 radical (unpaired) electrons. The first kappa shape index (κ1) is 21.4. The van der Waals surface area contributed by atoms with E-state index in [4.69, 9.17) is 4.98 Å². The van der Waals surface area contributed by atoms with Gasteiger partial charge in [-0.3, -0.25) is 4.79 Å². The number of aryl methyl sites for hydroxylation is 1. The van der Waals surface area contributed by atoms with Crippen LogP contribution in [0.3, 0.4) is 0 Å². The molecule has 0 aliphatic heterocycles. The van der Waals surface area contributed by atoms with Crippen molar-refractivity contribution in [3.05, 3.63) is 65.5 Å². The zero-order chi connectivity index (χ0) is 21.0. The fraction of sp³-hybridized carbons (Fsp3) is 0.417. The molecule has 1 heterocycles. The maximum atomic E-state index is 13.0. The van der Waals surface area contributed by atoms with Crippen molar-refractivity contribution in [2.24, 2.45) is 0 Å². The average molecular weight is 410 g/mol. The Kier molecular flexibility index (Phi) is 6.68. The van der Waals surface area contributed by atoms with E-state index in [1.54, 1.807) is 11.8 Å². The lowest BCUT2D eigenvalue weighted by atomic mass is 9.86. The molecule has 1 atom stereocenters. The van der Waals surface area contributed by atoms with Gasteiger partial charge in [0.1, 0.15) is 5.82 Å². The van der Waals surface area contributed by atoms with Gasteiger partial charge in [-0.25, -0.2) is 4.98 Å². The van der Waals surface area contributed by atoms with Crippen LogP contribution < -0.4 is 5.32 Å². The second-order valence-corrected chi connectivity index (χ2v) is 9.32. The Morgan fingerprint density at radius 3 is 2.45 bits per heavy atom. The van der Waals surface area contributed by atoms with Crippen molar-refractivity contribution in [3.8, 4) is 0 Å². The molecule has 1 N–H and O–H groups in total. The zero-order valence-electron chi connectivity index (χ0n) is 18.0. The molecule has 0 saturated carbocycles. The van der Waals surface area contributed by atoms with Gasteiger partial charge < -0.3 is 9.88 Å². The van der Waals surface area contributed by atoms with Crippen LogP contribution in [0.4, 0.5) is 0 Å². The van der Waals surface area contributed by atoms with E-state index in [-0.39, 0.29) is 17.4 Å². The molecule has 3 rings (SSSR count). The Morgan fingerprint density at radius 2 is 1.83 bits per heavy atom. The Balaban J connectivity index is 1.89. The van der Waals surface area contributed by atoms with E-state index in [0.717, 1.165) is 35.6 Å². The molecule has 0 fully saturated rings. The van der Waals surface area contributed by atoms with Crippen LogP contribution in [-0.2, 0) is 12.0 Å². The first-order valence-electron chi connectivity index (χ1n) is 10.2. The average Bonchev–Trinajstić information content (AvgIpc) is 3.09. The summed E-state index contributed by atoms with van der Waals surface area (Å²) in [6.45, 7) is 9.47. The molecule has 4 nitrogen and oxygen atoms in total. The van der Waals surface area contributed by atoms with Crippen molar-refractivity contribution >= 4 is 28.7 Å². The molecule has 154 valence electrons. The van der Waals surface area contributed by atoms with Crippen molar-refractivity contribution in [1.82, 2.24) is 14.9 Å². The Labute approximate surface area is 178 Å². The van der Waals surface area contributed by atoms with Crippen molar-refractivity contribution < 1.29 is 4.79 Å². The number of thioether (sulfide) groups is 1. The van der Waals surface area contributed by atoms with Gasteiger partial charge in [-0.2, -0.15) is 11.8 Å². The monoisotopic (exact) mass is 409 g/mol. The predicted molar refractivity (Wildman–Crippen MR) is 124 cm³/mol. The van der Waals surface area contributed by atoms with E-state index in [2.05, 4.69) is 49.9 Å². The van der Waals surface area contributed by atoms with Crippen LogP contribution in [-0.4, -0.2) is 27.5 Å². The molecule has 1 aromatic heterocycles. The van der Waals surface area contributed by atoms with Crippen LogP contribution in [0.1, 0.15) is 61.9 Å². The van der Waals surface area contributed by atoms with Gasteiger partial charge in [-0.1, -0.05) is 45.0 Å². The van der Waals surface area contributed by atoms with E-state index < -0.39 is 0 Å². The number of hydrogen-bond donors (Lipinski definition) is 1. The normalized spacial score (nSPS) is 12.9. The first-order chi connectivity index (χ1) is 13.8. The fourth-order valence-corrected chi connectivity index (χ4v) is 4.03. The number of aromatic nitrogens is 2. The van der Waals surface area contributed by atoms with E-state index in [1.165, 1.54) is 5.56 Å². The minimum Gasteiger partial charge on any atom is -0.342 e. The smallest absolute Gasteiger partial charge is 0.251 e. The minimum absolute atomic E-state index is 0.0497. The Morgan fingerprint density at radius 1 is 1.14 bits per heavy atom. The number of carbonyl (C=O) groups is 1. The summed E-state index contributed by atoms with van der Waals surface area (Å²) in [6.07, 6.45) is 2.93. The SMILES string of the molecule is CCn1c([C@@H](CCSC)NC(=O)c2ccc(C(C)(C)C)cc2)nc2ccccc21. The van der Waals surface area contributed by atoms with Gasteiger partial charge in [-0.15, -0.1) is 0 Å². The number of hydrogen-bond acceptors (Lipinski definition) is 3. The topological polar surface area (TPSA) is 46.9 Å². The summed E-state index contributed by atoms with van der Waals surface area (Å²) in [4.78, 5) is 17.9. The minimum atomic E-state index is -0.121. The third-order valence-electron chi connectivity index (χ3n) is 5.24. The summed E-state index contributed by atoms with van der Waals surface area (Å²) in [5.74, 6) is 1.84. The van der Waals surface area contributed by atoms with Crippen LogP contribution >= 0.6 is 11.8 Å². The van der Waals surface area contributed by atoms with Crippen LogP contribution in [0.15, 0.2) is 48.5 Å². The van der Waals surface area contributed by atoms with Crippen molar-refractivity contribution in [2.75, 3.05) is 12.0 Å². The third kappa shape index (κ3) is 4.84. The number of nitrogens with one attached hydrogen (secondary N) is 1. The molecular formula is C24H31N3OS. The van der Waals surface area contributed by atoms with E-state index in [1.807, 2.05) is 42.5 Å². The van der Waals surface area contributed by atoms with E-state index >= 15 is 0 Å². The highest BCUT2D eigenvalue weighted by Gasteiger charge is 2.22. The molecule has 2 aromatic carbocycles. The molecule has 0 saturated heterocycles. The lowest BCUT2D eigenvalue weighted by molar-refractivity contribution is 0.0933. The maximum absolute atomic E-state index is 13.0. The molecule has 3 aromatic rings. The fourth-order valence-electron chi connectivity index (χ4n) is 3.56. The van der Waals surface area contributed by atoms with Gasteiger partial charge in [0.25, 0.3) is 5.91 Å². The van der Waals surface area contributed by atoms with Crippen LogP contribution in [0.2, 0.25) is 0 Å². The van der Waals surface area contributed by atoms with Gasteiger partial charge in [0.2, 0.25) is 0 Å². The second kappa shape index (κ2) is 9.04. The van der Waals surface area contributed by atoms with E-state index in [9.17, 15) is 4.79 Å². The maximum Gasteiger partial charge on any atom is 0.251 e.